The number of thiazole rings is 5. The zero-order valence-corrected chi connectivity index (χ0v) is 86.1. The van der Waals surface area contributed by atoms with E-state index >= 15 is 0 Å². The lowest BCUT2D eigenvalue weighted by atomic mass is 10.1. The van der Waals surface area contributed by atoms with Gasteiger partial charge in [0, 0.05) is 62.2 Å². The largest absolute Gasteiger partial charge is 0.478 e. The molecule has 10 heterocycles. The molecule has 5 aromatic heterocycles. The number of carboxylic acids is 2. The first-order chi connectivity index (χ1) is 66.1. The lowest BCUT2D eigenvalue weighted by Crippen LogP contribution is -2.35. The summed E-state index contributed by atoms with van der Waals surface area (Å²) in [5.74, 6) is -3.53. The van der Waals surface area contributed by atoms with Crippen LogP contribution in [0.3, 0.4) is 0 Å². The second-order valence-electron chi connectivity index (χ2n) is 36.1. The van der Waals surface area contributed by atoms with Gasteiger partial charge in [-0.3, -0.25) is 49.9 Å². The van der Waals surface area contributed by atoms with Gasteiger partial charge in [0.2, 0.25) is 0 Å². The Labute approximate surface area is 849 Å². The normalized spacial score (nSPS) is 13.1. The predicted molar refractivity (Wildman–Crippen MR) is 564 cm³/mol. The Kier molecular flexibility index (Phi) is 31.7. The number of benzene rings is 10. The number of carboxylic acid groups (broad SMARTS) is 2. The zero-order valence-electron chi connectivity index (χ0n) is 77.7. The number of hydrogen-bond acceptors (Lipinski definition) is 26. The molecule has 40 heteroatoms. The smallest absolute Gasteiger partial charge is 0.414 e. The molecular weight excluding hydrogens is 2120 g/mol. The summed E-state index contributed by atoms with van der Waals surface area (Å²) in [6, 6.07) is 51.0. The van der Waals surface area contributed by atoms with Gasteiger partial charge in [-0.25, -0.2) is 66.9 Å². The van der Waals surface area contributed by atoms with Gasteiger partial charge < -0.3 is 45.9 Å². The van der Waals surface area contributed by atoms with E-state index in [9.17, 15) is 56.3 Å². The minimum atomic E-state index is -0.960. The van der Waals surface area contributed by atoms with E-state index < -0.39 is 52.6 Å². The first kappa shape index (κ1) is 103. The molecule has 0 fully saturated rings. The molecule has 10 aromatic carbocycles. The van der Waals surface area contributed by atoms with Crippen molar-refractivity contribution in [3.63, 3.8) is 0 Å². The topological polar surface area (TPSA) is 409 Å². The number of aromatic nitrogens is 5. The van der Waals surface area contributed by atoms with Crippen molar-refractivity contribution in [1.82, 2.24) is 24.9 Å². The van der Waals surface area contributed by atoms with Crippen LogP contribution in [-0.4, -0.2) is 144 Å². The Morgan fingerprint density at radius 1 is 0.343 bits per heavy atom. The van der Waals surface area contributed by atoms with Crippen molar-refractivity contribution in [2.75, 3.05) is 85.1 Å². The molecule has 10 N–H and O–H groups in total. The highest BCUT2D eigenvalue weighted by Gasteiger charge is 2.35. The molecule has 5 aliphatic rings. The number of rotatable bonds is 8. The van der Waals surface area contributed by atoms with Crippen LogP contribution in [0.1, 0.15) is 163 Å². The Bertz CT molecular complexity index is 6980. The molecule has 30 nitrogen and oxygen atoms in total. The molecule has 140 heavy (non-hydrogen) atoms. The molecule has 7 amide bonds. The maximum Gasteiger partial charge on any atom is 0.414 e. The van der Waals surface area contributed by atoms with Gasteiger partial charge in [-0.05, 0) is 370 Å². The summed E-state index contributed by atoms with van der Waals surface area (Å²) in [5.41, 5.74) is 23.7. The monoisotopic (exact) mass is 2220 g/mol. The first-order valence-electron chi connectivity index (χ1n) is 43.8. The maximum absolute atomic E-state index is 13.3. The van der Waals surface area contributed by atoms with Gasteiger partial charge in [0.25, 0.3) is 17.7 Å². The van der Waals surface area contributed by atoms with Crippen LogP contribution in [0.5, 0.6) is 0 Å². The van der Waals surface area contributed by atoms with E-state index in [0.717, 1.165) is 103 Å². The Balaban J connectivity index is 0.000000133. The number of nitrogens with zero attached hydrogens (tertiary/aromatic N) is 9. The maximum atomic E-state index is 13.3. The third-order valence-corrected chi connectivity index (χ3v) is 26.7. The average Bonchev–Trinajstić information content (AvgIpc) is 1.65. The summed E-state index contributed by atoms with van der Waals surface area (Å²) in [7, 11) is 0. The number of nitrogens with two attached hydrogens (primary N) is 2. The summed E-state index contributed by atoms with van der Waals surface area (Å²) < 4.78 is 67.4. The van der Waals surface area contributed by atoms with Crippen LogP contribution >= 0.6 is 102 Å². The van der Waals surface area contributed by atoms with E-state index in [1.54, 1.807) is 92.4 Å². The standard InChI is InChI=1S/C21H20FN3O3S.C21H20IN3O3S.C16H12FN3OS.2C14H17NO4.C7H5FN2S.C7H5IN2S/c2*1-21(2,3)28-20(27)25-9-8-12-10-13(4-7-16(12)25)18(26)24-19-23-15-6-5-14(22)11-17(15)29-19;17-11-2-4-13-14(8-11)22-16(19-13)20-15(21)10-1-3-12-9(7-10)5-6-18-12;2*1-14(2,3)19-13(18)15-7-6-9-8-10(12(16)17)4-5-11(9)15;2*8-4-1-2-5-6(3-4)11-7(9)10-5/h2*4-7,10-11H,8-9H2,1-3H3,(H,23,24,26);1-4,7-8,18H,5-6H2,(H,19,20,21);2*4-5,8H,6-7H2,1-3H3,(H,16,17);2*1-3H,(H2,9,10). The van der Waals surface area contributed by atoms with Gasteiger partial charge in [0.15, 0.2) is 25.7 Å². The number of carbonyl (C=O) groups is 9. The Hall–Kier alpha value is -13.3. The molecule has 0 unspecified atom stereocenters. The highest BCUT2D eigenvalue weighted by Crippen LogP contribution is 2.39. The first-order valence-corrected chi connectivity index (χ1v) is 50.0. The Morgan fingerprint density at radius 2 is 0.607 bits per heavy atom. The number of halogens is 5. The van der Waals surface area contributed by atoms with Gasteiger partial charge in [-0.15, -0.1) is 0 Å². The van der Waals surface area contributed by atoms with Crippen LogP contribution in [0.2, 0.25) is 0 Å². The number of carbonyl (C=O) groups excluding carboxylic acids is 7. The third-order valence-electron chi connectivity index (χ3n) is 20.9. The van der Waals surface area contributed by atoms with Crippen molar-refractivity contribution >= 4 is 261 Å². The molecule has 0 radical (unpaired) electrons. The van der Waals surface area contributed by atoms with Crippen molar-refractivity contribution < 1.29 is 85.5 Å². The molecular formula is C100H96F3I2N15O15S5. The fraction of sp³-hybridized carbons (Fsp3) is 0.260. The van der Waals surface area contributed by atoms with Gasteiger partial charge >= 0.3 is 36.3 Å². The van der Waals surface area contributed by atoms with E-state index in [4.69, 9.17) is 40.6 Å². The summed E-state index contributed by atoms with van der Waals surface area (Å²) >= 11 is 11.3. The fourth-order valence-electron chi connectivity index (χ4n) is 14.8. The van der Waals surface area contributed by atoms with Crippen LogP contribution in [0.15, 0.2) is 182 Å². The quantitative estimate of drug-likeness (QED) is 0.0517. The summed E-state index contributed by atoms with van der Waals surface area (Å²) in [5, 5.41) is 32.1. The molecule has 5 aliphatic heterocycles. The van der Waals surface area contributed by atoms with Gasteiger partial charge in [-0.2, -0.15) is 0 Å². The van der Waals surface area contributed by atoms with Gasteiger partial charge in [0.05, 0.1) is 85.0 Å². The lowest BCUT2D eigenvalue weighted by Gasteiger charge is -2.24. The van der Waals surface area contributed by atoms with Crippen molar-refractivity contribution in [2.24, 2.45) is 0 Å². The predicted octanol–water partition coefficient (Wildman–Crippen LogP) is 24.0. The minimum absolute atomic E-state index is 0.200. The molecule has 0 aliphatic carbocycles. The number of fused-ring (bicyclic) bond motifs is 10. The summed E-state index contributed by atoms with van der Waals surface area (Å²) in [6.45, 7) is 24.9. The highest BCUT2D eigenvalue weighted by atomic mass is 127. The van der Waals surface area contributed by atoms with Crippen LogP contribution in [0.25, 0.3) is 51.1 Å². The summed E-state index contributed by atoms with van der Waals surface area (Å²) in [4.78, 5) is 136. The summed E-state index contributed by atoms with van der Waals surface area (Å²) in [6.07, 6.45) is 2.02. The SMILES string of the molecule is CC(C)(C)OC(=O)N1CCc2cc(C(=O)Nc3nc4ccc(F)cc4s3)ccc21.CC(C)(C)OC(=O)N1CCc2cc(C(=O)Nc3nc4ccc(I)cc4s3)ccc21.CC(C)(C)OC(=O)N1CCc2cc(C(=O)O)ccc21.CC(C)(C)OC(=O)N1CCc2cc(C(=O)O)ccc21.Nc1nc2ccc(F)cc2s1.Nc1nc2ccc(I)cc2s1.O=C(Nc1nc2ccc(F)cc2s1)c1ccc2c(c1)CCN2. The molecule has 726 valence electrons. The minimum Gasteiger partial charge on any atom is -0.478 e. The number of ether oxygens (including phenoxy) is 4. The number of anilines is 10. The molecule has 0 atom stereocenters. The van der Waals surface area contributed by atoms with Crippen molar-refractivity contribution in [3.8, 4) is 0 Å². The van der Waals surface area contributed by atoms with Crippen molar-refractivity contribution in [1.29, 1.82) is 0 Å². The van der Waals surface area contributed by atoms with Crippen LogP contribution < -0.4 is 52.3 Å². The van der Waals surface area contributed by atoms with Crippen LogP contribution in [0, 0.1) is 24.6 Å². The van der Waals surface area contributed by atoms with Crippen LogP contribution in [-0.2, 0) is 51.1 Å². The lowest BCUT2D eigenvalue weighted by molar-refractivity contribution is 0.0573. The molecule has 15 aromatic rings. The number of hydrogen-bond donors (Lipinski definition) is 8. The number of aromatic carboxylic acids is 2. The van der Waals surface area contributed by atoms with E-state index in [1.807, 2.05) is 138 Å². The molecule has 0 saturated carbocycles. The number of nitrogen functional groups attached to an aromatic ring is 2. The second-order valence-corrected chi connectivity index (χ2v) is 43.9. The highest BCUT2D eigenvalue weighted by molar-refractivity contribution is 14.1. The number of nitrogens with one attached hydrogen (secondary N) is 4. The molecule has 0 bridgehead atoms. The number of amides is 7. The third kappa shape index (κ3) is 26.8. The van der Waals surface area contributed by atoms with Crippen LogP contribution in [0.4, 0.5) is 86.4 Å². The molecule has 0 saturated heterocycles. The van der Waals surface area contributed by atoms with E-state index in [1.165, 1.54) is 109 Å². The van der Waals surface area contributed by atoms with Crippen molar-refractivity contribution in [3.05, 3.63) is 262 Å². The van der Waals surface area contributed by atoms with E-state index in [2.05, 4.69) is 97.4 Å². The molecule has 0 spiro atoms. The second kappa shape index (κ2) is 43.2. The van der Waals surface area contributed by atoms with Crippen molar-refractivity contribution in [2.45, 2.75) is 138 Å². The fourth-order valence-corrected chi connectivity index (χ4v) is 20.4. The van der Waals surface area contributed by atoms with E-state index in [0.29, 0.717) is 115 Å². The molecule has 20 rings (SSSR count). The Morgan fingerprint density at radius 3 is 0.921 bits per heavy atom. The zero-order chi connectivity index (χ0) is 101. The van der Waals surface area contributed by atoms with Gasteiger partial charge in [0.1, 0.15) is 39.9 Å². The van der Waals surface area contributed by atoms with E-state index in [-0.39, 0.29) is 52.4 Å². The average molecular weight is 2220 g/mol. The van der Waals surface area contributed by atoms with Gasteiger partial charge in [-0.1, -0.05) is 56.7 Å².